The minimum Gasteiger partial charge on any atom is -0.444 e. The van der Waals surface area contributed by atoms with E-state index in [1.807, 2.05) is 0 Å². The average molecular weight is 349 g/mol. The Morgan fingerprint density at radius 3 is 1.36 bits per heavy atom. The Balaban J connectivity index is 2.68. The van der Waals surface area contributed by atoms with Crippen LogP contribution in [0.2, 0.25) is 5.02 Å². The van der Waals surface area contributed by atoms with Crippen molar-refractivity contribution >= 4 is 11.6 Å². The molecular formula is C12HClF8O. The molecule has 22 heavy (non-hydrogen) atoms. The summed E-state index contributed by atoms with van der Waals surface area (Å²) in [6.45, 7) is 0. The van der Waals surface area contributed by atoms with Gasteiger partial charge in [-0.1, -0.05) is 11.6 Å². The Labute approximate surface area is 121 Å². The van der Waals surface area contributed by atoms with Crippen molar-refractivity contribution < 1.29 is 39.9 Å². The topological polar surface area (TPSA) is 9.23 Å². The summed E-state index contributed by atoms with van der Waals surface area (Å²) in [5.41, 5.74) is 0. The standard InChI is InChI=1S/C12HClF8O/c13-4-7(18)9(20)12(10(21)8(4)19)22-11-5(16)2(14)1-3(15)6(11)17/h1H. The highest BCUT2D eigenvalue weighted by Crippen LogP contribution is 2.37. The van der Waals surface area contributed by atoms with E-state index in [1.165, 1.54) is 0 Å². The Morgan fingerprint density at radius 1 is 0.591 bits per heavy atom. The lowest BCUT2D eigenvalue weighted by Gasteiger charge is -2.12. The summed E-state index contributed by atoms with van der Waals surface area (Å²) in [5, 5.41) is -1.58. The van der Waals surface area contributed by atoms with E-state index < -0.39 is 63.1 Å². The van der Waals surface area contributed by atoms with E-state index in [1.54, 1.807) is 0 Å². The van der Waals surface area contributed by atoms with Gasteiger partial charge in [-0.05, 0) is 0 Å². The summed E-state index contributed by atoms with van der Waals surface area (Å²) >= 11 is 4.92. The molecule has 0 unspecified atom stereocenters. The van der Waals surface area contributed by atoms with Gasteiger partial charge in [-0.15, -0.1) is 0 Å². The van der Waals surface area contributed by atoms with Crippen molar-refractivity contribution in [2.24, 2.45) is 0 Å². The van der Waals surface area contributed by atoms with Crippen LogP contribution < -0.4 is 4.74 Å². The van der Waals surface area contributed by atoms with Gasteiger partial charge in [-0.3, -0.25) is 0 Å². The smallest absolute Gasteiger partial charge is 0.206 e. The van der Waals surface area contributed by atoms with Gasteiger partial charge in [0.05, 0.1) is 0 Å². The predicted molar refractivity (Wildman–Crippen MR) is 57.6 cm³/mol. The van der Waals surface area contributed by atoms with Gasteiger partial charge in [0.15, 0.2) is 23.3 Å². The number of hydrogen-bond donors (Lipinski definition) is 0. The monoisotopic (exact) mass is 348 g/mol. The highest BCUT2D eigenvalue weighted by Gasteiger charge is 2.29. The van der Waals surface area contributed by atoms with Gasteiger partial charge in [-0.25, -0.2) is 17.6 Å². The molecule has 0 aliphatic rings. The van der Waals surface area contributed by atoms with Crippen LogP contribution >= 0.6 is 11.6 Å². The molecule has 2 aromatic carbocycles. The molecular weight excluding hydrogens is 348 g/mol. The zero-order chi connectivity index (χ0) is 16.8. The van der Waals surface area contributed by atoms with E-state index in [-0.39, 0.29) is 6.07 Å². The average Bonchev–Trinajstić information content (AvgIpc) is 2.48. The third kappa shape index (κ3) is 2.45. The van der Waals surface area contributed by atoms with Crippen molar-refractivity contribution in [3.63, 3.8) is 0 Å². The molecule has 0 aromatic heterocycles. The van der Waals surface area contributed by atoms with Crippen LogP contribution in [0.5, 0.6) is 11.5 Å². The Hall–Kier alpha value is -2.03. The molecule has 0 N–H and O–H groups in total. The molecule has 0 aliphatic carbocycles. The van der Waals surface area contributed by atoms with Crippen LogP contribution in [0.3, 0.4) is 0 Å². The van der Waals surface area contributed by atoms with Gasteiger partial charge in [0.1, 0.15) is 5.02 Å². The van der Waals surface area contributed by atoms with E-state index in [0.29, 0.717) is 0 Å². The van der Waals surface area contributed by atoms with Crippen molar-refractivity contribution in [2.45, 2.75) is 0 Å². The predicted octanol–water partition coefficient (Wildman–Crippen LogP) is 5.25. The van der Waals surface area contributed by atoms with Crippen molar-refractivity contribution in [1.29, 1.82) is 0 Å². The molecule has 0 bridgehead atoms. The summed E-state index contributed by atoms with van der Waals surface area (Å²) in [6, 6.07) is -0.201. The molecule has 0 fully saturated rings. The third-order valence-corrected chi connectivity index (χ3v) is 2.78. The Kier molecular flexibility index (Phi) is 4.19. The van der Waals surface area contributed by atoms with Crippen LogP contribution in [0.15, 0.2) is 6.07 Å². The summed E-state index contributed by atoms with van der Waals surface area (Å²) < 4.78 is 110. The molecule has 118 valence electrons. The van der Waals surface area contributed by atoms with Gasteiger partial charge in [-0.2, -0.15) is 17.6 Å². The van der Waals surface area contributed by atoms with Crippen LogP contribution in [0.1, 0.15) is 0 Å². The molecule has 10 heteroatoms. The van der Waals surface area contributed by atoms with E-state index >= 15 is 0 Å². The number of rotatable bonds is 2. The maximum Gasteiger partial charge on any atom is 0.206 e. The van der Waals surface area contributed by atoms with Crippen molar-refractivity contribution in [2.75, 3.05) is 0 Å². The van der Waals surface area contributed by atoms with Crippen molar-refractivity contribution in [3.8, 4) is 11.5 Å². The molecule has 0 aliphatic heterocycles. The number of hydrogen-bond acceptors (Lipinski definition) is 1. The first-order valence-electron chi connectivity index (χ1n) is 5.19. The van der Waals surface area contributed by atoms with Gasteiger partial charge < -0.3 is 4.74 Å². The first kappa shape index (κ1) is 16.3. The summed E-state index contributed by atoms with van der Waals surface area (Å²) in [7, 11) is 0. The van der Waals surface area contributed by atoms with E-state index in [4.69, 9.17) is 11.6 Å². The molecule has 2 rings (SSSR count). The largest absolute Gasteiger partial charge is 0.444 e. The maximum absolute atomic E-state index is 13.4. The fourth-order valence-electron chi connectivity index (χ4n) is 1.42. The van der Waals surface area contributed by atoms with E-state index in [2.05, 4.69) is 4.74 Å². The molecule has 2 aromatic rings. The second-order valence-corrected chi connectivity index (χ2v) is 4.18. The van der Waals surface area contributed by atoms with Gasteiger partial charge >= 0.3 is 0 Å². The first-order chi connectivity index (χ1) is 10.2. The van der Waals surface area contributed by atoms with Gasteiger partial charge in [0, 0.05) is 6.07 Å². The van der Waals surface area contributed by atoms with Crippen LogP contribution in [-0.4, -0.2) is 0 Å². The van der Waals surface area contributed by atoms with Crippen molar-refractivity contribution in [1.82, 2.24) is 0 Å². The first-order valence-corrected chi connectivity index (χ1v) is 5.56. The minimum atomic E-state index is -2.24. The molecule has 0 heterocycles. The fraction of sp³-hybridized carbons (Fsp3) is 0. The van der Waals surface area contributed by atoms with Gasteiger partial charge in [0.25, 0.3) is 0 Å². The quantitative estimate of drug-likeness (QED) is 0.409. The van der Waals surface area contributed by atoms with E-state index in [9.17, 15) is 35.1 Å². The minimum absolute atomic E-state index is 0.201. The number of ether oxygens (including phenoxy) is 1. The lowest BCUT2D eigenvalue weighted by Crippen LogP contribution is -2.05. The summed E-state index contributed by atoms with van der Waals surface area (Å²) in [5.74, 6) is -20.8. The highest BCUT2D eigenvalue weighted by molar-refractivity contribution is 6.30. The number of halogens is 9. The molecule has 0 spiro atoms. The van der Waals surface area contributed by atoms with Crippen molar-refractivity contribution in [3.05, 3.63) is 57.6 Å². The van der Waals surface area contributed by atoms with Crippen LogP contribution in [0, 0.1) is 46.5 Å². The molecule has 0 saturated heterocycles. The van der Waals surface area contributed by atoms with Crippen LogP contribution in [-0.2, 0) is 0 Å². The third-order valence-electron chi connectivity index (χ3n) is 2.45. The lowest BCUT2D eigenvalue weighted by molar-refractivity contribution is 0.324. The second kappa shape index (κ2) is 5.64. The SMILES string of the molecule is Fc1cc(F)c(F)c(Oc2c(F)c(F)c(Cl)c(F)c2F)c1F. The lowest BCUT2D eigenvalue weighted by atomic mass is 10.2. The van der Waals surface area contributed by atoms with Crippen LogP contribution in [0.25, 0.3) is 0 Å². The zero-order valence-corrected chi connectivity index (χ0v) is 10.6. The molecule has 0 radical (unpaired) electrons. The fourth-order valence-corrected chi connectivity index (χ4v) is 1.58. The Bertz CT molecular complexity index is 721. The molecule has 0 atom stereocenters. The zero-order valence-electron chi connectivity index (χ0n) is 9.89. The normalized spacial score (nSPS) is 11.0. The molecule has 1 nitrogen and oxygen atoms in total. The number of benzene rings is 2. The maximum atomic E-state index is 13.4. The second-order valence-electron chi connectivity index (χ2n) is 3.80. The summed E-state index contributed by atoms with van der Waals surface area (Å²) in [4.78, 5) is 0. The molecule has 0 saturated carbocycles. The summed E-state index contributed by atoms with van der Waals surface area (Å²) in [6.07, 6.45) is 0. The highest BCUT2D eigenvalue weighted by atomic mass is 35.5. The van der Waals surface area contributed by atoms with Crippen LogP contribution in [0.4, 0.5) is 35.1 Å². The Morgan fingerprint density at radius 2 is 0.955 bits per heavy atom. The molecule has 0 amide bonds. The van der Waals surface area contributed by atoms with E-state index in [0.717, 1.165) is 0 Å². The van der Waals surface area contributed by atoms with Gasteiger partial charge in [0.2, 0.25) is 34.8 Å².